The van der Waals surface area contributed by atoms with Crippen molar-refractivity contribution >= 4 is 5.97 Å². The quantitative estimate of drug-likeness (QED) is 0.707. The van der Waals surface area contributed by atoms with E-state index < -0.39 is 48.2 Å². The van der Waals surface area contributed by atoms with Gasteiger partial charge in [0.1, 0.15) is 24.9 Å². The second kappa shape index (κ2) is 5.40. The van der Waals surface area contributed by atoms with E-state index in [2.05, 4.69) is 0 Å². The van der Waals surface area contributed by atoms with E-state index in [0.717, 1.165) is 0 Å². The lowest BCUT2D eigenvalue weighted by molar-refractivity contribution is -0.361. The predicted molar refractivity (Wildman–Crippen MR) is 70.6 cm³/mol. The molecule has 0 radical (unpaired) electrons. The van der Waals surface area contributed by atoms with Gasteiger partial charge in [-0.3, -0.25) is 4.79 Å². The fourth-order valence-corrected chi connectivity index (χ4v) is 3.08. The van der Waals surface area contributed by atoms with Crippen LogP contribution in [-0.4, -0.2) is 66.6 Å². The van der Waals surface area contributed by atoms with Crippen molar-refractivity contribution in [3.8, 4) is 0 Å². The Hall–Kier alpha value is -0.770. The number of rotatable bonds is 2. The molecule has 0 aromatic rings. The first-order valence-electron chi connectivity index (χ1n) is 7.35. The summed E-state index contributed by atoms with van der Waals surface area (Å²) in [6, 6.07) is 0. The van der Waals surface area contributed by atoms with E-state index >= 15 is 0 Å². The van der Waals surface area contributed by atoms with Crippen LogP contribution >= 0.6 is 0 Å². The van der Waals surface area contributed by atoms with Crippen molar-refractivity contribution in [1.82, 2.24) is 0 Å². The summed E-state index contributed by atoms with van der Waals surface area (Å²) in [5, 5.41) is 11.2. The molecule has 1 unspecified atom stereocenters. The van der Waals surface area contributed by atoms with Crippen LogP contribution < -0.4 is 0 Å². The minimum atomic E-state index is -1.58. The van der Waals surface area contributed by atoms with Crippen LogP contribution in [0.2, 0.25) is 0 Å². The summed E-state index contributed by atoms with van der Waals surface area (Å²) in [4.78, 5) is 11.2. The Morgan fingerprint density at radius 2 is 2.00 bits per heavy atom. The van der Waals surface area contributed by atoms with Crippen LogP contribution in [-0.2, 0) is 33.2 Å². The zero-order valence-electron chi connectivity index (χ0n) is 13.1. The molecule has 0 bridgehead atoms. The summed E-state index contributed by atoms with van der Waals surface area (Å²) in [5.74, 6) is -1.41. The number of esters is 1. The first kappa shape index (κ1) is 16.1. The second-order valence-electron chi connectivity index (χ2n) is 6.33. The highest BCUT2D eigenvalue weighted by atomic mass is 16.8. The molecule has 3 saturated heterocycles. The number of carbonyl (C=O) groups is 1. The topological polar surface area (TPSA) is 92.7 Å². The summed E-state index contributed by atoms with van der Waals surface area (Å²) in [7, 11) is 0. The molecular formula is C14H22O8. The molecule has 0 aromatic carbocycles. The standard InChI is InChI=1S/C14H22O8/c1-7(15)18-6-14(16)10-9(5-17-8(2)19-10)20-12-11(14)21-13(3,4)22-12/h8-12,16H,5-6H2,1-4H3/t8?,9-,10-,11+,12-,14+/m1/s1. The van der Waals surface area contributed by atoms with Crippen molar-refractivity contribution in [1.29, 1.82) is 0 Å². The third-order valence-electron chi connectivity index (χ3n) is 4.03. The lowest BCUT2D eigenvalue weighted by atomic mass is 9.84. The fourth-order valence-electron chi connectivity index (χ4n) is 3.08. The van der Waals surface area contributed by atoms with Crippen LogP contribution in [0.5, 0.6) is 0 Å². The summed E-state index contributed by atoms with van der Waals surface area (Å²) in [6.07, 6.45) is -3.38. The van der Waals surface area contributed by atoms with Gasteiger partial charge in [0, 0.05) is 6.92 Å². The molecule has 0 amide bonds. The zero-order chi connectivity index (χ0) is 16.1. The van der Waals surface area contributed by atoms with Crippen molar-refractivity contribution in [2.45, 2.75) is 70.0 Å². The minimum absolute atomic E-state index is 0.251. The average Bonchev–Trinajstić information content (AvgIpc) is 2.73. The highest BCUT2D eigenvalue weighted by Gasteiger charge is 2.64. The van der Waals surface area contributed by atoms with E-state index in [1.807, 2.05) is 0 Å². The second-order valence-corrected chi connectivity index (χ2v) is 6.33. The van der Waals surface area contributed by atoms with Crippen LogP contribution in [0, 0.1) is 0 Å². The Labute approximate surface area is 128 Å². The number of ether oxygens (including phenoxy) is 6. The molecule has 3 rings (SSSR count). The zero-order valence-corrected chi connectivity index (χ0v) is 13.1. The molecule has 3 fully saturated rings. The van der Waals surface area contributed by atoms with E-state index in [1.165, 1.54) is 6.92 Å². The minimum Gasteiger partial charge on any atom is -0.463 e. The molecule has 0 saturated carbocycles. The Kier molecular flexibility index (Phi) is 3.95. The summed E-state index contributed by atoms with van der Waals surface area (Å²) in [6.45, 7) is 6.45. The van der Waals surface area contributed by atoms with Gasteiger partial charge in [-0.2, -0.15) is 0 Å². The maximum absolute atomic E-state index is 11.2. The van der Waals surface area contributed by atoms with Gasteiger partial charge in [0.25, 0.3) is 0 Å². The molecule has 3 aliphatic rings. The molecule has 22 heavy (non-hydrogen) atoms. The molecular weight excluding hydrogens is 296 g/mol. The van der Waals surface area contributed by atoms with Crippen molar-refractivity contribution < 1.29 is 38.3 Å². The van der Waals surface area contributed by atoms with E-state index in [0.29, 0.717) is 0 Å². The van der Waals surface area contributed by atoms with Crippen molar-refractivity contribution in [3.63, 3.8) is 0 Å². The first-order chi connectivity index (χ1) is 10.2. The highest BCUT2D eigenvalue weighted by molar-refractivity contribution is 5.66. The van der Waals surface area contributed by atoms with Gasteiger partial charge in [0.2, 0.25) is 0 Å². The van der Waals surface area contributed by atoms with Gasteiger partial charge in [-0.25, -0.2) is 0 Å². The van der Waals surface area contributed by atoms with Crippen molar-refractivity contribution in [2.24, 2.45) is 0 Å². The molecule has 3 heterocycles. The smallest absolute Gasteiger partial charge is 0.302 e. The highest BCUT2D eigenvalue weighted by Crippen LogP contribution is 2.44. The first-order valence-corrected chi connectivity index (χ1v) is 7.35. The molecule has 6 atom stereocenters. The molecule has 0 spiro atoms. The Balaban J connectivity index is 1.89. The maximum Gasteiger partial charge on any atom is 0.302 e. The SMILES string of the molecule is CC(=O)OC[C@]1(O)[C@@H]2OC(C)OC[C@H]2O[C@@H]2OC(C)(C)O[C@@H]21. The lowest BCUT2D eigenvalue weighted by Crippen LogP contribution is -2.71. The summed E-state index contributed by atoms with van der Waals surface area (Å²) >= 11 is 0. The predicted octanol–water partition coefficient (Wildman–Crippen LogP) is -0.0816. The Morgan fingerprint density at radius 3 is 2.68 bits per heavy atom. The summed E-state index contributed by atoms with van der Waals surface area (Å²) in [5.41, 5.74) is -1.58. The number of aliphatic hydroxyl groups is 1. The number of carbonyl (C=O) groups excluding carboxylic acids is 1. The van der Waals surface area contributed by atoms with Gasteiger partial charge in [-0.1, -0.05) is 0 Å². The van der Waals surface area contributed by atoms with Crippen LogP contribution in [0.3, 0.4) is 0 Å². The van der Waals surface area contributed by atoms with E-state index in [4.69, 9.17) is 28.4 Å². The molecule has 8 heteroatoms. The number of hydrogen-bond donors (Lipinski definition) is 1. The van der Waals surface area contributed by atoms with E-state index in [-0.39, 0.29) is 13.2 Å². The normalized spacial score (nSPS) is 46.7. The van der Waals surface area contributed by atoms with Gasteiger partial charge in [0.05, 0.1) is 6.61 Å². The van der Waals surface area contributed by atoms with E-state index in [1.54, 1.807) is 20.8 Å². The number of hydrogen-bond acceptors (Lipinski definition) is 8. The van der Waals surface area contributed by atoms with Crippen LogP contribution in [0.15, 0.2) is 0 Å². The lowest BCUT2D eigenvalue weighted by Gasteiger charge is -2.50. The molecule has 3 aliphatic heterocycles. The van der Waals surface area contributed by atoms with Crippen LogP contribution in [0.25, 0.3) is 0 Å². The van der Waals surface area contributed by atoms with Crippen molar-refractivity contribution in [2.75, 3.05) is 13.2 Å². The summed E-state index contributed by atoms with van der Waals surface area (Å²) < 4.78 is 33.4. The van der Waals surface area contributed by atoms with Gasteiger partial charge in [-0.05, 0) is 20.8 Å². The molecule has 8 nitrogen and oxygen atoms in total. The van der Waals surface area contributed by atoms with Gasteiger partial charge >= 0.3 is 5.97 Å². The molecule has 126 valence electrons. The van der Waals surface area contributed by atoms with Crippen LogP contribution in [0.4, 0.5) is 0 Å². The average molecular weight is 318 g/mol. The third kappa shape index (κ3) is 2.75. The van der Waals surface area contributed by atoms with Gasteiger partial charge in [0.15, 0.2) is 24.0 Å². The van der Waals surface area contributed by atoms with E-state index in [9.17, 15) is 9.90 Å². The van der Waals surface area contributed by atoms with Gasteiger partial charge < -0.3 is 33.5 Å². The Bertz CT molecular complexity index is 448. The van der Waals surface area contributed by atoms with Crippen LogP contribution in [0.1, 0.15) is 27.7 Å². The molecule has 1 N–H and O–H groups in total. The maximum atomic E-state index is 11.2. The largest absolute Gasteiger partial charge is 0.463 e. The monoisotopic (exact) mass is 318 g/mol. The Morgan fingerprint density at radius 1 is 1.27 bits per heavy atom. The third-order valence-corrected chi connectivity index (χ3v) is 4.03. The van der Waals surface area contributed by atoms with Gasteiger partial charge in [-0.15, -0.1) is 0 Å². The molecule has 0 aliphatic carbocycles. The molecule has 0 aromatic heterocycles. The number of fused-ring (bicyclic) bond motifs is 2. The fraction of sp³-hybridized carbons (Fsp3) is 0.929. The van der Waals surface area contributed by atoms with Crippen molar-refractivity contribution in [3.05, 3.63) is 0 Å².